The summed E-state index contributed by atoms with van der Waals surface area (Å²) in [5.74, 6) is 0.574. The van der Waals surface area contributed by atoms with Gasteiger partial charge >= 0.3 is 11.9 Å². The molecule has 2 saturated heterocycles. The van der Waals surface area contributed by atoms with Crippen LogP contribution in [-0.4, -0.2) is 63.1 Å². The lowest BCUT2D eigenvalue weighted by Crippen LogP contribution is -2.64. The molecule has 1 spiro atoms. The van der Waals surface area contributed by atoms with E-state index in [1.807, 2.05) is 13.0 Å². The molecule has 4 heterocycles. The number of fused-ring (bicyclic) bond motifs is 2. The van der Waals surface area contributed by atoms with E-state index in [4.69, 9.17) is 23.7 Å². The number of hydrogen-bond donors (Lipinski definition) is 1. The number of nitrogens with zero attached hydrogens (tertiary/aromatic N) is 1. The van der Waals surface area contributed by atoms with Gasteiger partial charge in [-0.25, -0.2) is 9.59 Å². The number of ether oxygens (including phenoxy) is 5. The van der Waals surface area contributed by atoms with Gasteiger partial charge in [0.05, 0.1) is 30.8 Å². The lowest BCUT2D eigenvalue weighted by atomic mass is 9.53. The Bertz CT molecular complexity index is 1420. The minimum absolute atomic E-state index is 0.0732. The number of anilines is 1. The van der Waals surface area contributed by atoms with Gasteiger partial charge in [-0.05, 0) is 69.5 Å². The molecule has 4 atom stereocenters. The fourth-order valence-corrected chi connectivity index (χ4v) is 8.05. The zero-order valence-corrected chi connectivity index (χ0v) is 22.4. The Hall–Kier alpha value is -3.72. The van der Waals surface area contributed by atoms with Crippen molar-refractivity contribution in [1.29, 1.82) is 0 Å². The highest BCUT2D eigenvalue weighted by atomic mass is 16.7. The number of piperidine rings is 1. The first-order valence-electron chi connectivity index (χ1n) is 13.5. The lowest BCUT2D eigenvalue weighted by molar-refractivity contribution is -0.138. The number of para-hydroxylation sites is 1. The Morgan fingerprint density at radius 3 is 2.77 bits per heavy atom. The minimum atomic E-state index is -0.475. The SMILES string of the molecule is COC(=O)C1=C2Nc3ccccc3C23CCN2CCCC(C(C)OC(=O)c4cc(OC)c5c(c4)OCO5)(C1)C23. The van der Waals surface area contributed by atoms with Gasteiger partial charge in [0.15, 0.2) is 11.5 Å². The summed E-state index contributed by atoms with van der Waals surface area (Å²) in [4.78, 5) is 29.5. The molecule has 1 N–H and O–H groups in total. The first-order chi connectivity index (χ1) is 18.9. The predicted molar refractivity (Wildman–Crippen MR) is 141 cm³/mol. The highest BCUT2D eigenvalue weighted by molar-refractivity contribution is 5.94. The monoisotopic (exact) mass is 532 g/mol. The van der Waals surface area contributed by atoms with Crippen LogP contribution < -0.4 is 19.5 Å². The van der Waals surface area contributed by atoms with Crippen molar-refractivity contribution in [2.75, 3.05) is 39.4 Å². The molecule has 4 unspecified atom stereocenters. The van der Waals surface area contributed by atoms with Gasteiger partial charge in [0.2, 0.25) is 12.5 Å². The summed E-state index contributed by atoms with van der Waals surface area (Å²) in [7, 11) is 2.96. The van der Waals surface area contributed by atoms with Crippen LogP contribution in [0.2, 0.25) is 0 Å². The number of benzene rings is 2. The molecule has 0 radical (unpaired) electrons. The van der Waals surface area contributed by atoms with Crippen molar-refractivity contribution in [3.8, 4) is 17.2 Å². The van der Waals surface area contributed by atoms with Crippen molar-refractivity contribution >= 4 is 17.6 Å². The standard InChI is InChI=1S/C30H32N2O7/c1-17(39-26(33)18-13-22(35-2)24-23(14-18)37-16-38-24)29-9-6-11-32-12-10-30(28(29)32)20-7-4-5-8-21(20)31-25(30)19(15-29)27(34)36-3/h4-5,7-8,13-14,17,28,31H,6,9-12,15-16H2,1-3H3. The number of esters is 2. The minimum Gasteiger partial charge on any atom is -0.493 e. The molecule has 0 amide bonds. The fourth-order valence-electron chi connectivity index (χ4n) is 8.05. The second-order valence-electron chi connectivity index (χ2n) is 11.1. The largest absolute Gasteiger partial charge is 0.493 e. The number of hydrogen-bond acceptors (Lipinski definition) is 9. The van der Waals surface area contributed by atoms with Crippen molar-refractivity contribution in [2.45, 2.75) is 50.2 Å². The molecular weight excluding hydrogens is 500 g/mol. The molecule has 4 aliphatic heterocycles. The summed E-state index contributed by atoms with van der Waals surface area (Å²) in [5.41, 5.74) is 3.33. The van der Waals surface area contributed by atoms with E-state index in [1.165, 1.54) is 19.8 Å². The molecule has 0 bridgehead atoms. The first kappa shape index (κ1) is 24.3. The number of nitrogens with one attached hydrogen (secondary N) is 1. The molecule has 39 heavy (non-hydrogen) atoms. The summed E-state index contributed by atoms with van der Waals surface area (Å²) in [5, 5.41) is 3.62. The Labute approximate surface area is 227 Å². The van der Waals surface area contributed by atoms with Crippen LogP contribution in [0.15, 0.2) is 47.7 Å². The Morgan fingerprint density at radius 1 is 1.10 bits per heavy atom. The van der Waals surface area contributed by atoms with Gasteiger partial charge < -0.3 is 29.0 Å². The lowest BCUT2D eigenvalue weighted by Gasteiger charge is -2.57. The van der Waals surface area contributed by atoms with Crippen LogP contribution >= 0.6 is 0 Å². The van der Waals surface area contributed by atoms with Crippen LogP contribution in [0.5, 0.6) is 17.2 Å². The molecule has 9 nitrogen and oxygen atoms in total. The molecule has 0 saturated carbocycles. The van der Waals surface area contributed by atoms with Crippen LogP contribution in [0, 0.1) is 5.41 Å². The number of methoxy groups -OCH3 is 2. The topological polar surface area (TPSA) is 95.6 Å². The van der Waals surface area contributed by atoms with Crippen LogP contribution in [0.25, 0.3) is 0 Å². The molecule has 2 aromatic carbocycles. The third-order valence-corrected chi connectivity index (χ3v) is 9.60. The van der Waals surface area contributed by atoms with Gasteiger partial charge in [-0.15, -0.1) is 0 Å². The van der Waals surface area contributed by atoms with E-state index in [9.17, 15) is 9.59 Å². The Balaban J connectivity index is 1.31. The summed E-state index contributed by atoms with van der Waals surface area (Å²) in [6.45, 7) is 3.95. The van der Waals surface area contributed by atoms with Gasteiger partial charge in [-0.2, -0.15) is 0 Å². The van der Waals surface area contributed by atoms with E-state index >= 15 is 0 Å². The fraction of sp³-hybridized carbons (Fsp3) is 0.467. The highest BCUT2D eigenvalue weighted by Gasteiger charge is 2.68. The molecule has 5 aliphatic rings. The van der Waals surface area contributed by atoms with Crippen LogP contribution in [0.4, 0.5) is 5.69 Å². The molecular formula is C30H32N2O7. The average Bonchev–Trinajstić information content (AvgIpc) is 3.68. The smallest absolute Gasteiger partial charge is 0.338 e. The van der Waals surface area contributed by atoms with E-state index in [1.54, 1.807) is 12.1 Å². The number of carbonyl (C=O) groups is 2. The summed E-state index contributed by atoms with van der Waals surface area (Å²) < 4.78 is 28.1. The van der Waals surface area contributed by atoms with Gasteiger partial charge in [0, 0.05) is 22.8 Å². The molecule has 9 heteroatoms. The normalized spacial score (nSPS) is 28.6. The summed E-state index contributed by atoms with van der Waals surface area (Å²) in [6.07, 6.45) is 2.69. The zero-order chi connectivity index (χ0) is 26.9. The first-order valence-corrected chi connectivity index (χ1v) is 13.5. The van der Waals surface area contributed by atoms with Gasteiger partial charge in [-0.3, -0.25) is 4.90 Å². The second-order valence-corrected chi connectivity index (χ2v) is 11.1. The van der Waals surface area contributed by atoms with Crippen molar-refractivity contribution < 1.29 is 33.3 Å². The van der Waals surface area contributed by atoms with E-state index in [2.05, 4.69) is 28.4 Å². The van der Waals surface area contributed by atoms with Crippen LogP contribution in [-0.2, 0) is 19.7 Å². The van der Waals surface area contributed by atoms with Gasteiger partial charge in [0.25, 0.3) is 0 Å². The molecule has 1 aliphatic carbocycles. The Kier molecular flexibility index (Phi) is 5.39. The molecule has 7 rings (SSSR count). The third kappa shape index (κ3) is 3.22. The maximum Gasteiger partial charge on any atom is 0.338 e. The average molecular weight is 533 g/mol. The molecule has 2 aromatic rings. The summed E-state index contributed by atoms with van der Waals surface area (Å²) in [6, 6.07) is 11.7. The molecule has 2 fully saturated rings. The van der Waals surface area contributed by atoms with Gasteiger partial charge in [0.1, 0.15) is 6.10 Å². The van der Waals surface area contributed by atoms with E-state index in [0.29, 0.717) is 34.8 Å². The Morgan fingerprint density at radius 2 is 1.95 bits per heavy atom. The summed E-state index contributed by atoms with van der Waals surface area (Å²) >= 11 is 0. The quantitative estimate of drug-likeness (QED) is 0.573. The predicted octanol–water partition coefficient (Wildman–Crippen LogP) is 4.02. The molecule has 0 aromatic heterocycles. The number of rotatable bonds is 5. The van der Waals surface area contributed by atoms with E-state index in [0.717, 1.165) is 43.7 Å². The van der Waals surface area contributed by atoms with Crippen molar-refractivity contribution in [3.05, 3.63) is 58.8 Å². The zero-order valence-electron chi connectivity index (χ0n) is 22.4. The van der Waals surface area contributed by atoms with E-state index < -0.39 is 17.5 Å². The molecule has 204 valence electrons. The van der Waals surface area contributed by atoms with Crippen LogP contribution in [0.1, 0.15) is 48.5 Å². The number of carbonyl (C=O) groups excluding carboxylic acids is 2. The van der Waals surface area contributed by atoms with Crippen molar-refractivity contribution in [2.24, 2.45) is 5.41 Å². The van der Waals surface area contributed by atoms with Gasteiger partial charge in [-0.1, -0.05) is 18.2 Å². The van der Waals surface area contributed by atoms with Crippen molar-refractivity contribution in [3.63, 3.8) is 0 Å². The second kappa shape index (κ2) is 8.64. The maximum absolute atomic E-state index is 13.6. The highest BCUT2D eigenvalue weighted by Crippen LogP contribution is 2.65. The van der Waals surface area contributed by atoms with Crippen LogP contribution in [0.3, 0.4) is 0 Å². The van der Waals surface area contributed by atoms with Crippen molar-refractivity contribution in [1.82, 2.24) is 4.90 Å². The maximum atomic E-state index is 13.6. The third-order valence-electron chi connectivity index (χ3n) is 9.60. The van der Waals surface area contributed by atoms with E-state index in [-0.39, 0.29) is 24.2 Å².